The maximum atomic E-state index is 13.1. The average molecular weight is 431 g/mol. The Bertz CT molecular complexity index is 1140. The molecule has 32 heavy (non-hydrogen) atoms. The molecule has 3 aromatic carbocycles. The Balaban J connectivity index is 1.31. The van der Waals surface area contributed by atoms with E-state index < -0.39 is 0 Å². The van der Waals surface area contributed by atoms with Gasteiger partial charge in [0.15, 0.2) is 6.61 Å². The zero-order chi connectivity index (χ0) is 22.7. The summed E-state index contributed by atoms with van der Waals surface area (Å²) in [5, 5.41) is 5.12. The van der Waals surface area contributed by atoms with Crippen molar-refractivity contribution in [1.29, 1.82) is 0 Å². The molecule has 0 aliphatic carbocycles. The minimum atomic E-state index is -0.121. The number of amides is 2. The van der Waals surface area contributed by atoms with Gasteiger partial charge in [0.05, 0.1) is 0 Å². The fraction of sp³-hybridized carbons (Fsp3) is 0.333. The Hall–Kier alpha value is -3.34. The molecular weight excluding hydrogens is 400 g/mol. The van der Waals surface area contributed by atoms with Gasteiger partial charge in [-0.3, -0.25) is 9.59 Å². The summed E-state index contributed by atoms with van der Waals surface area (Å²) in [6.45, 7) is 7.30. The minimum Gasteiger partial charge on any atom is -0.483 e. The molecule has 1 fully saturated rings. The number of carbonyl (C=O) groups is 2. The number of piperidine rings is 1. The van der Waals surface area contributed by atoms with E-state index in [2.05, 4.69) is 11.4 Å². The summed E-state index contributed by atoms with van der Waals surface area (Å²) >= 11 is 0. The van der Waals surface area contributed by atoms with Crippen LogP contribution in [0.3, 0.4) is 0 Å². The second-order valence-electron chi connectivity index (χ2n) is 8.60. The van der Waals surface area contributed by atoms with Gasteiger partial charge in [-0.25, -0.2) is 0 Å². The van der Waals surface area contributed by atoms with Crippen molar-refractivity contribution in [2.45, 2.75) is 39.7 Å². The van der Waals surface area contributed by atoms with Crippen LogP contribution in [0.5, 0.6) is 5.75 Å². The lowest BCUT2D eigenvalue weighted by Crippen LogP contribution is -2.47. The fourth-order valence-electron chi connectivity index (χ4n) is 4.36. The van der Waals surface area contributed by atoms with Gasteiger partial charge in [0.1, 0.15) is 5.75 Å². The first-order valence-corrected chi connectivity index (χ1v) is 11.2. The number of carbonyl (C=O) groups excluding carboxylic acids is 2. The van der Waals surface area contributed by atoms with E-state index in [0.717, 1.165) is 51.6 Å². The summed E-state index contributed by atoms with van der Waals surface area (Å²) < 4.78 is 5.83. The van der Waals surface area contributed by atoms with Gasteiger partial charge in [0, 0.05) is 24.7 Å². The molecule has 0 spiro atoms. The van der Waals surface area contributed by atoms with Crippen molar-refractivity contribution in [3.05, 3.63) is 76.9 Å². The SMILES string of the molecule is Cc1ccc(C)c(OCC(=O)NC2CCN(C(=O)c3cccc4ccccc34)CC2)c1C. The number of ether oxygens (including phenoxy) is 1. The maximum absolute atomic E-state index is 13.1. The van der Waals surface area contributed by atoms with Gasteiger partial charge in [-0.2, -0.15) is 0 Å². The van der Waals surface area contributed by atoms with Gasteiger partial charge < -0.3 is 15.0 Å². The summed E-state index contributed by atoms with van der Waals surface area (Å²) in [7, 11) is 0. The van der Waals surface area contributed by atoms with Crippen molar-refractivity contribution >= 4 is 22.6 Å². The molecule has 0 bridgehead atoms. The van der Waals surface area contributed by atoms with Gasteiger partial charge in [-0.05, 0) is 67.1 Å². The van der Waals surface area contributed by atoms with E-state index in [4.69, 9.17) is 4.74 Å². The molecule has 5 heteroatoms. The lowest BCUT2D eigenvalue weighted by molar-refractivity contribution is -0.124. The van der Waals surface area contributed by atoms with Gasteiger partial charge in [-0.1, -0.05) is 48.5 Å². The van der Waals surface area contributed by atoms with Crippen LogP contribution in [0.25, 0.3) is 10.8 Å². The van der Waals surface area contributed by atoms with Gasteiger partial charge in [-0.15, -0.1) is 0 Å². The van der Waals surface area contributed by atoms with Crippen LogP contribution in [0.15, 0.2) is 54.6 Å². The number of hydrogen-bond acceptors (Lipinski definition) is 3. The Kier molecular flexibility index (Phi) is 6.45. The molecular formula is C27H30N2O3. The Morgan fingerprint density at radius 1 is 0.938 bits per heavy atom. The fourth-order valence-corrected chi connectivity index (χ4v) is 4.36. The van der Waals surface area contributed by atoms with E-state index in [1.807, 2.05) is 74.2 Å². The molecule has 5 nitrogen and oxygen atoms in total. The molecule has 0 saturated carbocycles. The Labute approximate surface area is 189 Å². The molecule has 166 valence electrons. The van der Waals surface area contributed by atoms with Crippen LogP contribution >= 0.6 is 0 Å². The van der Waals surface area contributed by atoms with E-state index in [-0.39, 0.29) is 24.5 Å². The normalized spacial score (nSPS) is 14.4. The highest BCUT2D eigenvalue weighted by Gasteiger charge is 2.25. The first-order chi connectivity index (χ1) is 15.4. The summed E-state index contributed by atoms with van der Waals surface area (Å²) in [6, 6.07) is 17.9. The first-order valence-electron chi connectivity index (χ1n) is 11.2. The van der Waals surface area contributed by atoms with Gasteiger partial charge in [0.25, 0.3) is 11.8 Å². The Morgan fingerprint density at radius 2 is 1.62 bits per heavy atom. The topological polar surface area (TPSA) is 58.6 Å². The number of nitrogens with zero attached hydrogens (tertiary/aromatic N) is 1. The van der Waals surface area contributed by atoms with Crippen LogP contribution in [0.2, 0.25) is 0 Å². The molecule has 0 unspecified atom stereocenters. The van der Waals surface area contributed by atoms with Crippen LogP contribution in [-0.4, -0.2) is 42.5 Å². The number of benzene rings is 3. The third kappa shape index (κ3) is 4.62. The predicted molar refractivity (Wildman–Crippen MR) is 127 cm³/mol. The smallest absolute Gasteiger partial charge is 0.258 e. The second kappa shape index (κ2) is 9.43. The second-order valence-corrected chi connectivity index (χ2v) is 8.60. The highest BCUT2D eigenvalue weighted by atomic mass is 16.5. The highest BCUT2D eigenvalue weighted by Crippen LogP contribution is 2.26. The number of nitrogens with one attached hydrogen (secondary N) is 1. The van der Waals surface area contributed by atoms with Crippen LogP contribution in [0, 0.1) is 20.8 Å². The first kappa shape index (κ1) is 21.9. The van der Waals surface area contributed by atoms with E-state index in [1.165, 1.54) is 0 Å². The van der Waals surface area contributed by atoms with Crippen LogP contribution in [0.1, 0.15) is 39.9 Å². The van der Waals surface area contributed by atoms with Crippen molar-refractivity contribution < 1.29 is 14.3 Å². The molecule has 4 rings (SSSR count). The van der Waals surface area contributed by atoms with E-state index in [1.54, 1.807) is 0 Å². The van der Waals surface area contributed by atoms with Crippen molar-refractivity contribution in [2.75, 3.05) is 19.7 Å². The third-order valence-corrected chi connectivity index (χ3v) is 6.39. The van der Waals surface area contributed by atoms with E-state index in [0.29, 0.717) is 13.1 Å². The summed E-state index contributed by atoms with van der Waals surface area (Å²) in [5.74, 6) is 0.722. The summed E-state index contributed by atoms with van der Waals surface area (Å²) in [5.41, 5.74) is 3.98. The van der Waals surface area contributed by atoms with E-state index in [9.17, 15) is 9.59 Å². The van der Waals surface area contributed by atoms with Crippen LogP contribution in [0.4, 0.5) is 0 Å². The van der Waals surface area contributed by atoms with Crippen molar-refractivity contribution in [1.82, 2.24) is 10.2 Å². The molecule has 3 aromatic rings. The number of likely N-dealkylation sites (tertiary alicyclic amines) is 1. The third-order valence-electron chi connectivity index (χ3n) is 6.39. The number of rotatable bonds is 5. The molecule has 1 heterocycles. The number of hydrogen-bond donors (Lipinski definition) is 1. The Morgan fingerprint density at radius 3 is 2.41 bits per heavy atom. The van der Waals surface area contributed by atoms with E-state index >= 15 is 0 Å². The maximum Gasteiger partial charge on any atom is 0.258 e. The van der Waals surface area contributed by atoms with Crippen molar-refractivity contribution in [2.24, 2.45) is 0 Å². The van der Waals surface area contributed by atoms with Crippen LogP contribution < -0.4 is 10.1 Å². The molecule has 0 aromatic heterocycles. The molecule has 1 N–H and O–H groups in total. The lowest BCUT2D eigenvalue weighted by atomic mass is 10.0. The predicted octanol–water partition coefficient (Wildman–Crippen LogP) is 4.56. The molecule has 1 aliphatic heterocycles. The average Bonchev–Trinajstić information content (AvgIpc) is 2.81. The van der Waals surface area contributed by atoms with Gasteiger partial charge >= 0.3 is 0 Å². The summed E-state index contributed by atoms with van der Waals surface area (Å²) in [6.07, 6.45) is 1.48. The lowest BCUT2D eigenvalue weighted by Gasteiger charge is -2.32. The largest absolute Gasteiger partial charge is 0.483 e. The number of aryl methyl sites for hydroxylation is 2. The molecule has 0 atom stereocenters. The molecule has 1 saturated heterocycles. The van der Waals surface area contributed by atoms with Crippen LogP contribution in [-0.2, 0) is 4.79 Å². The molecule has 2 amide bonds. The standard InChI is InChI=1S/C27H30N2O3/c1-18-11-12-19(2)26(20(18)3)32-17-25(30)28-22-13-15-29(16-14-22)27(31)24-10-6-8-21-7-4-5-9-23(21)24/h4-12,22H,13-17H2,1-3H3,(H,28,30). The minimum absolute atomic E-state index is 0.000281. The zero-order valence-electron chi connectivity index (χ0n) is 19.0. The molecule has 1 aliphatic rings. The van der Waals surface area contributed by atoms with Crippen molar-refractivity contribution in [3.8, 4) is 5.75 Å². The van der Waals surface area contributed by atoms with Crippen molar-refractivity contribution in [3.63, 3.8) is 0 Å². The summed E-state index contributed by atoms with van der Waals surface area (Å²) in [4.78, 5) is 27.5. The van der Waals surface area contributed by atoms with Gasteiger partial charge in [0.2, 0.25) is 0 Å². The monoisotopic (exact) mass is 430 g/mol. The highest BCUT2D eigenvalue weighted by molar-refractivity contribution is 6.07. The quantitative estimate of drug-likeness (QED) is 0.645. The number of fused-ring (bicyclic) bond motifs is 1. The zero-order valence-corrected chi connectivity index (χ0v) is 19.0. The molecule has 0 radical (unpaired) electrons.